The molecule has 72 valence electrons. The summed E-state index contributed by atoms with van der Waals surface area (Å²) >= 11 is 1.63. The van der Waals surface area contributed by atoms with Crippen molar-refractivity contribution >= 4 is 23.6 Å². The van der Waals surface area contributed by atoms with Gasteiger partial charge in [0.2, 0.25) is 0 Å². The first-order chi connectivity index (χ1) is 6.86. The Kier molecular flexibility index (Phi) is 2.54. The van der Waals surface area contributed by atoms with E-state index in [9.17, 15) is 4.79 Å². The summed E-state index contributed by atoms with van der Waals surface area (Å²) in [7, 11) is 0. The van der Waals surface area contributed by atoms with Gasteiger partial charge in [0, 0.05) is 0 Å². The number of imidazole rings is 1. The van der Waals surface area contributed by atoms with Crippen LogP contribution in [0.2, 0.25) is 0 Å². The van der Waals surface area contributed by atoms with Crippen LogP contribution in [0.15, 0.2) is 29.6 Å². The molecule has 14 heavy (non-hydrogen) atoms. The Morgan fingerprint density at radius 3 is 3.14 bits per heavy atom. The lowest BCUT2D eigenvalue weighted by Gasteiger charge is -2.01. The topological polar surface area (TPSA) is 34.4 Å². The van der Waals surface area contributed by atoms with Gasteiger partial charge < -0.3 is 0 Å². The highest BCUT2D eigenvalue weighted by Gasteiger charge is 2.05. The molecule has 0 spiro atoms. The number of fused-ring (bicyclic) bond motifs is 1. The number of aldehydes is 1. The molecule has 0 amide bonds. The Morgan fingerprint density at radius 2 is 2.43 bits per heavy atom. The highest BCUT2D eigenvalue weighted by atomic mass is 32.2. The smallest absolute Gasteiger partial charge is 0.173 e. The van der Waals surface area contributed by atoms with E-state index in [1.54, 1.807) is 24.0 Å². The Labute approximate surface area is 86.1 Å². The zero-order chi connectivity index (χ0) is 9.97. The molecule has 0 saturated carbocycles. The standard InChI is InChI=1S/C10H10N2OS/c1-2-14-10-11-6-8-4-3-5-9(7-13)12(8)10/h3-7H,2H2,1H3. The minimum Gasteiger partial charge on any atom is -0.296 e. The Hall–Kier alpha value is -1.29. The Morgan fingerprint density at radius 1 is 1.57 bits per heavy atom. The van der Waals surface area contributed by atoms with Gasteiger partial charge in [0.1, 0.15) is 0 Å². The summed E-state index contributed by atoms with van der Waals surface area (Å²) in [4.78, 5) is 15.1. The fourth-order valence-corrected chi connectivity index (χ4v) is 2.09. The first kappa shape index (κ1) is 9.27. The van der Waals surface area contributed by atoms with Crippen molar-refractivity contribution in [2.24, 2.45) is 0 Å². The predicted octanol–water partition coefficient (Wildman–Crippen LogP) is 2.26. The second-order valence-corrected chi connectivity index (χ2v) is 4.03. The quantitative estimate of drug-likeness (QED) is 0.570. The number of aromatic nitrogens is 2. The fraction of sp³-hybridized carbons (Fsp3) is 0.200. The lowest BCUT2D eigenvalue weighted by molar-refractivity contribution is 0.111. The lowest BCUT2D eigenvalue weighted by Crippen LogP contribution is -1.96. The van der Waals surface area contributed by atoms with Gasteiger partial charge in [-0.05, 0) is 17.9 Å². The molecule has 2 heterocycles. The van der Waals surface area contributed by atoms with Gasteiger partial charge in [-0.3, -0.25) is 9.20 Å². The Bertz CT molecular complexity index is 464. The van der Waals surface area contributed by atoms with Crippen LogP contribution in [-0.2, 0) is 0 Å². The molecule has 0 aliphatic heterocycles. The van der Waals surface area contributed by atoms with Gasteiger partial charge in [0.25, 0.3) is 0 Å². The molecule has 2 rings (SSSR count). The fourth-order valence-electron chi connectivity index (χ4n) is 1.37. The molecule has 4 heteroatoms. The molecule has 0 fully saturated rings. The van der Waals surface area contributed by atoms with Crippen molar-refractivity contribution in [3.8, 4) is 0 Å². The van der Waals surface area contributed by atoms with E-state index in [0.717, 1.165) is 22.7 Å². The van der Waals surface area contributed by atoms with E-state index in [4.69, 9.17) is 0 Å². The maximum atomic E-state index is 10.8. The number of carbonyl (C=O) groups excluding carboxylic acids is 1. The zero-order valence-corrected chi connectivity index (χ0v) is 8.62. The highest BCUT2D eigenvalue weighted by molar-refractivity contribution is 7.99. The summed E-state index contributed by atoms with van der Waals surface area (Å²) in [5, 5.41) is 0.880. The molecule has 0 unspecified atom stereocenters. The van der Waals surface area contributed by atoms with E-state index in [-0.39, 0.29) is 0 Å². The lowest BCUT2D eigenvalue weighted by atomic mass is 10.3. The number of hydrogen-bond donors (Lipinski definition) is 0. The predicted molar refractivity (Wildman–Crippen MR) is 57.0 cm³/mol. The molecule has 0 aliphatic carbocycles. The molecule has 0 saturated heterocycles. The third-order valence-electron chi connectivity index (χ3n) is 1.94. The number of hydrogen-bond acceptors (Lipinski definition) is 3. The van der Waals surface area contributed by atoms with Gasteiger partial charge in [-0.25, -0.2) is 4.98 Å². The maximum absolute atomic E-state index is 10.8. The minimum atomic E-state index is 0.649. The van der Waals surface area contributed by atoms with E-state index >= 15 is 0 Å². The average Bonchev–Trinajstić information content (AvgIpc) is 2.62. The van der Waals surface area contributed by atoms with Crippen molar-refractivity contribution in [2.45, 2.75) is 12.1 Å². The van der Waals surface area contributed by atoms with Crippen LogP contribution in [0.1, 0.15) is 17.4 Å². The van der Waals surface area contributed by atoms with Crippen molar-refractivity contribution in [3.05, 3.63) is 30.1 Å². The largest absolute Gasteiger partial charge is 0.296 e. The molecular formula is C10H10N2OS. The van der Waals surface area contributed by atoms with Gasteiger partial charge >= 0.3 is 0 Å². The summed E-state index contributed by atoms with van der Waals surface area (Å²) in [5.41, 5.74) is 1.61. The summed E-state index contributed by atoms with van der Waals surface area (Å²) in [6.45, 7) is 2.06. The SMILES string of the molecule is CCSc1ncc2cccc(C=O)n12. The van der Waals surface area contributed by atoms with Crippen molar-refractivity contribution in [1.82, 2.24) is 9.38 Å². The van der Waals surface area contributed by atoms with E-state index in [1.807, 2.05) is 16.5 Å². The van der Waals surface area contributed by atoms with Crippen LogP contribution in [0.5, 0.6) is 0 Å². The third-order valence-corrected chi connectivity index (χ3v) is 2.78. The average molecular weight is 206 g/mol. The van der Waals surface area contributed by atoms with Crippen LogP contribution in [0.3, 0.4) is 0 Å². The molecule has 2 aromatic heterocycles. The van der Waals surface area contributed by atoms with E-state index in [2.05, 4.69) is 11.9 Å². The summed E-state index contributed by atoms with van der Waals surface area (Å²) in [6.07, 6.45) is 2.64. The van der Waals surface area contributed by atoms with Gasteiger partial charge in [-0.1, -0.05) is 24.8 Å². The van der Waals surface area contributed by atoms with E-state index < -0.39 is 0 Å². The van der Waals surface area contributed by atoms with Crippen LogP contribution in [-0.4, -0.2) is 21.4 Å². The van der Waals surface area contributed by atoms with Crippen molar-refractivity contribution < 1.29 is 4.79 Å². The number of rotatable bonds is 3. The first-order valence-electron chi connectivity index (χ1n) is 4.41. The summed E-state index contributed by atoms with van der Waals surface area (Å²) in [5.74, 6) is 0.951. The number of nitrogens with zero attached hydrogens (tertiary/aromatic N) is 2. The summed E-state index contributed by atoms with van der Waals surface area (Å²) in [6, 6.07) is 5.60. The minimum absolute atomic E-state index is 0.649. The van der Waals surface area contributed by atoms with Gasteiger partial charge in [-0.15, -0.1) is 0 Å². The number of pyridine rings is 1. The van der Waals surface area contributed by atoms with Gasteiger partial charge in [-0.2, -0.15) is 0 Å². The third kappa shape index (κ3) is 1.42. The van der Waals surface area contributed by atoms with Crippen molar-refractivity contribution in [2.75, 3.05) is 5.75 Å². The van der Waals surface area contributed by atoms with Gasteiger partial charge in [0.15, 0.2) is 11.4 Å². The van der Waals surface area contributed by atoms with E-state index in [0.29, 0.717) is 5.69 Å². The van der Waals surface area contributed by atoms with Crippen molar-refractivity contribution in [3.63, 3.8) is 0 Å². The molecule has 0 aliphatic rings. The molecule has 3 nitrogen and oxygen atoms in total. The molecular weight excluding hydrogens is 196 g/mol. The molecule has 0 radical (unpaired) electrons. The summed E-state index contributed by atoms with van der Waals surface area (Å²) < 4.78 is 1.88. The van der Waals surface area contributed by atoms with Crippen LogP contribution in [0.4, 0.5) is 0 Å². The highest BCUT2D eigenvalue weighted by Crippen LogP contribution is 2.19. The Balaban J connectivity index is 2.67. The second-order valence-electron chi connectivity index (χ2n) is 2.80. The van der Waals surface area contributed by atoms with Crippen LogP contribution >= 0.6 is 11.8 Å². The number of carbonyl (C=O) groups is 1. The molecule has 0 N–H and O–H groups in total. The monoisotopic (exact) mass is 206 g/mol. The zero-order valence-electron chi connectivity index (χ0n) is 7.80. The van der Waals surface area contributed by atoms with Crippen molar-refractivity contribution in [1.29, 1.82) is 0 Å². The maximum Gasteiger partial charge on any atom is 0.173 e. The number of thioether (sulfide) groups is 1. The molecule has 0 atom stereocenters. The van der Waals surface area contributed by atoms with E-state index in [1.165, 1.54) is 0 Å². The second kappa shape index (κ2) is 3.84. The molecule has 0 aromatic carbocycles. The van der Waals surface area contributed by atoms with Crippen LogP contribution < -0.4 is 0 Å². The first-order valence-corrected chi connectivity index (χ1v) is 5.40. The molecule has 2 aromatic rings. The van der Waals surface area contributed by atoms with Crippen LogP contribution in [0, 0.1) is 0 Å². The van der Waals surface area contributed by atoms with Gasteiger partial charge in [0.05, 0.1) is 17.4 Å². The normalized spacial score (nSPS) is 10.6. The van der Waals surface area contributed by atoms with Crippen LogP contribution in [0.25, 0.3) is 5.52 Å². The molecule has 0 bridgehead atoms.